The molecule has 0 heterocycles. The van der Waals surface area contributed by atoms with E-state index < -0.39 is 6.10 Å². The third kappa shape index (κ3) is 62.3. The number of hydrogen-bond acceptors (Lipinski definition) is 6. The van der Waals surface area contributed by atoms with Crippen molar-refractivity contribution in [3.8, 4) is 0 Å². The minimum absolute atomic E-state index is 0.0933. The first-order chi connectivity index (χ1) is 38.0. The normalized spacial score (nSPS) is 13.0. The zero-order valence-corrected chi connectivity index (χ0v) is 49.9. The second-order valence-electron chi connectivity index (χ2n) is 20.6. The summed E-state index contributed by atoms with van der Waals surface area (Å²) >= 11 is 0. The molecule has 0 radical (unpaired) electrons. The van der Waals surface area contributed by atoms with Crippen LogP contribution in [0.4, 0.5) is 0 Å². The molecule has 77 heavy (non-hydrogen) atoms. The van der Waals surface area contributed by atoms with Crippen LogP contribution in [0.5, 0.6) is 0 Å². The van der Waals surface area contributed by atoms with Gasteiger partial charge in [-0.05, 0) is 122 Å². The number of unbranched alkanes of at least 4 members (excludes halogenated alkanes) is 23. The van der Waals surface area contributed by atoms with Gasteiger partial charge in [-0.3, -0.25) is 14.4 Å². The van der Waals surface area contributed by atoms with E-state index in [0.29, 0.717) is 19.3 Å². The van der Waals surface area contributed by atoms with E-state index in [9.17, 15) is 14.4 Å². The molecular weight excluding hydrogens is 949 g/mol. The van der Waals surface area contributed by atoms with Gasteiger partial charge in [0, 0.05) is 19.3 Å². The SMILES string of the molecule is CC/C=C\C/C=C\C/C=C\C/C=C\C/C=C\C/C=C\C/C=C\C/C=C\CCCCCCC(=O)OCC(COC(=O)CCCCCCCCCCCCC)OC(=O)CCCCCCCC/C=C\C/C=C\C/C=C\CCCCC. The van der Waals surface area contributed by atoms with Crippen LogP contribution in [0.1, 0.15) is 278 Å². The highest BCUT2D eigenvalue weighted by molar-refractivity contribution is 5.71. The summed E-state index contributed by atoms with van der Waals surface area (Å²) in [6, 6.07) is 0. The van der Waals surface area contributed by atoms with E-state index in [1.165, 1.54) is 89.9 Å². The maximum Gasteiger partial charge on any atom is 0.306 e. The monoisotopic (exact) mass is 1060 g/mol. The average Bonchev–Trinajstić information content (AvgIpc) is 3.43. The molecule has 0 saturated carbocycles. The lowest BCUT2D eigenvalue weighted by molar-refractivity contribution is -0.167. The van der Waals surface area contributed by atoms with Crippen LogP contribution in [0.25, 0.3) is 0 Å². The Bertz CT molecular complexity index is 1650. The van der Waals surface area contributed by atoms with Crippen molar-refractivity contribution >= 4 is 17.9 Å². The molecule has 436 valence electrons. The van der Waals surface area contributed by atoms with Gasteiger partial charge in [-0.15, -0.1) is 0 Å². The van der Waals surface area contributed by atoms with Gasteiger partial charge in [0.2, 0.25) is 0 Å². The smallest absolute Gasteiger partial charge is 0.306 e. The van der Waals surface area contributed by atoms with Crippen LogP contribution in [0.3, 0.4) is 0 Å². The van der Waals surface area contributed by atoms with E-state index in [1.54, 1.807) is 0 Å². The van der Waals surface area contributed by atoms with Gasteiger partial charge in [-0.25, -0.2) is 0 Å². The molecule has 6 heteroatoms. The van der Waals surface area contributed by atoms with Gasteiger partial charge in [0.25, 0.3) is 0 Å². The lowest BCUT2D eigenvalue weighted by Crippen LogP contribution is -2.30. The average molecular weight is 1070 g/mol. The summed E-state index contributed by atoms with van der Waals surface area (Å²) in [6.07, 6.45) is 90.2. The van der Waals surface area contributed by atoms with Crippen LogP contribution in [-0.4, -0.2) is 37.2 Å². The van der Waals surface area contributed by atoms with E-state index in [-0.39, 0.29) is 31.1 Å². The summed E-state index contributed by atoms with van der Waals surface area (Å²) in [5.41, 5.74) is 0. The molecule has 0 spiro atoms. The quantitative estimate of drug-likeness (QED) is 0.0261. The Labute approximate surface area is 475 Å². The fraction of sp³-hybridized carbons (Fsp3) is 0.648. The zero-order valence-electron chi connectivity index (χ0n) is 49.9. The van der Waals surface area contributed by atoms with E-state index in [1.807, 2.05) is 0 Å². The van der Waals surface area contributed by atoms with Gasteiger partial charge >= 0.3 is 17.9 Å². The van der Waals surface area contributed by atoms with Gasteiger partial charge in [-0.1, -0.05) is 270 Å². The van der Waals surface area contributed by atoms with Crippen LogP contribution in [-0.2, 0) is 28.6 Å². The van der Waals surface area contributed by atoms with Crippen molar-refractivity contribution in [3.63, 3.8) is 0 Å². The second kappa shape index (κ2) is 64.1. The van der Waals surface area contributed by atoms with E-state index in [4.69, 9.17) is 14.2 Å². The fourth-order valence-corrected chi connectivity index (χ4v) is 8.41. The van der Waals surface area contributed by atoms with E-state index >= 15 is 0 Å². The molecule has 6 nitrogen and oxygen atoms in total. The minimum atomic E-state index is -0.799. The molecule has 0 amide bonds. The molecule has 0 aromatic rings. The molecule has 0 rings (SSSR count). The molecule has 0 N–H and O–H groups in total. The Morgan fingerprint density at radius 1 is 0.273 bits per heavy atom. The zero-order chi connectivity index (χ0) is 55.7. The van der Waals surface area contributed by atoms with Crippen molar-refractivity contribution in [2.24, 2.45) is 0 Å². The molecule has 0 aliphatic heterocycles. The largest absolute Gasteiger partial charge is 0.462 e. The third-order valence-electron chi connectivity index (χ3n) is 13.1. The third-order valence-corrected chi connectivity index (χ3v) is 13.1. The Morgan fingerprint density at radius 2 is 0.506 bits per heavy atom. The van der Waals surface area contributed by atoms with Crippen molar-refractivity contribution in [2.45, 2.75) is 284 Å². The van der Waals surface area contributed by atoms with Crippen LogP contribution in [0.15, 0.2) is 134 Å². The topological polar surface area (TPSA) is 78.9 Å². The number of hydrogen-bond donors (Lipinski definition) is 0. The van der Waals surface area contributed by atoms with Crippen molar-refractivity contribution in [3.05, 3.63) is 134 Å². The van der Waals surface area contributed by atoms with E-state index in [0.717, 1.165) is 148 Å². The molecular formula is C71H116O6. The first-order valence-electron chi connectivity index (χ1n) is 31.7. The first-order valence-corrected chi connectivity index (χ1v) is 31.7. The van der Waals surface area contributed by atoms with Crippen LogP contribution in [0.2, 0.25) is 0 Å². The number of rotatable bonds is 56. The minimum Gasteiger partial charge on any atom is -0.462 e. The highest BCUT2D eigenvalue weighted by atomic mass is 16.6. The number of ether oxygens (including phenoxy) is 3. The Balaban J connectivity index is 4.38. The molecule has 0 aromatic carbocycles. The lowest BCUT2D eigenvalue weighted by Gasteiger charge is -2.18. The maximum absolute atomic E-state index is 12.9. The number of allylic oxidation sites excluding steroid dienone is 22. The Kier molecular flexibility index (Phi) is 60.4. The van der Waals surface area contributed by atoms with Crippen LogP contribution >= 0.6 is 0 Å². The molecule has 0 aliphatic carbocycles. The van der Waals surface area contributed by atoms with Gasteiger partial charge in [-0.2, -0.15) is 0 Å². The molecule has 0 saturated heterocycles. The highest BCUT2D eigenvalue weighted by Gasteiger charge is 2.19. The van der Waals surface area contributed by atoms with Crippen molar-refractivity contribution in [2.75, 3.05) is 13.2 Å². The number of carbonyl (C=O) groups excluding carboxylic acids is 3. The summed E-state index contributed by atoms with van der Waals surface area (Å²) in [5.74, 6) is -0.932. The highest BCUT2D eigenvalue weighted by Crippen LogP contribution is 2.15. The van der Waals surface area contributed by atoms with E-state index in [2.05, 4.69) is 154 Å². The van der Waals surface area contributed by atoms with Gasteiger partial charge in [0.1, 0.15) is 13.2 Å². The van der Waals surface area contributed by atoms with Gasteiger partial charge in [0.15, 0.2) is 6.10 Å². The van der Waals surface area contributed by atoms with Crippen molar-refractivity contribution in [1.29, 1.82) is 0 Å². The predicted molar refractivity (Wildman–Crippen MR) is 334 cm³/mol. The standard InChI is InChI=1S/C71H116O6/c1-4-7-10-13-16-19-22-24-26-28-30-31-32-33-34-35-36-37-38-39-41-42-44-46-49-52-55-58-61-64-70(73)76-67-68(66-75-69(72)63-60-57-54-51-48-21-18-15-12-9-6-3)77-71(74)65-62-59-56-53-50-47-45-43-40-29-27-25-23-20-17-14-11-8-5-2/h7,10,16-17,19-20,24-27,30-31,33-34,36-37,39-41,43-44,46,68H,4-6,8-9,11-15,18,21-23,28-29,32,35,38,42,45,47-67H2,1-3H3/b10-7-,19-16-,20-17-,26-24-,27-25-,31-30-,34-33-,37-36-,41-39-,43-40-,46-44-. The fourth-order valence-electron chi connectivity index (χ4n) is 8.41. The van der Waals surface area contributed by atoms with Crippen LogP contribution < -0.4 is 0 Å². The first kappa shape index (κ1) is 72.5. The van der Waals surface area contributed by atoms with Crippen LogP contribution in [0, 0.1) is 0 Å². The summed E-state index contributed by atoms with van der Waals surface area (Å²) in [6.45, 7) is 6.46. The predicted octanol–water partition coefficient (Wildman–Crippen LogP) is 21.8. The molecule has 1 atom stereocenters. The molecule has 0 aliphatic rings. The van der Waals surface area contributed by atoms with Gasteiger partial charge < -0.3 is 14.2 Å². The summed E-state index contributed by atoms with van der Waals surface area (Å²) < 4.78 is 16.9. The molecule has 0 fully saturated rings. The molecule has 0 bridgehead atoms. The lowest BCUT2D eigenvalue weighted by atomic mass is 10.1. The van der Waals surface area contributed by atoms with Gasteiger partial charge in [0.05, 0.1) is 0 Å². The Hall–Kier alpha value is -4.45. The number of esters is 3. The maximum atomic E-state index is 12.9. The second-order valence-corrected chi connectivity index (χ2v) is 20.6. The molecule has 1 unspecified atom stereocenters. The summed E-state index contributed by atoms with van der Waals surface area (Å²) in [5, 5.41) is 0. The summed E-state index contributed by atoms with van der Waals surface area (Å²) in [7, 11) is 0. The van der Waals surface area contributed by atoms with Crippen molar-refractivity contribution < 1.29 is 28.6 Å². The Morgan fingerprint density at radius 3 is 0.818 bits per heavy atom. The summed E-state index contributed by atoms with van der Waals surface area (Å²) in [4.78, 5) is 38.2. The number of carbonyl (C=O) groups is 3. The van der Waals surface area contributed by atoms with Crippen molar-refractivity contribution in [1.82, 2.24) is 0 Å². The molecule has 0 aromatic heterocycles.